The molecule has 0 aliphatic heterocycles. The molecule has 6 heteroatoms. The fourth-order valence-electron chi connectivity index (χ4n) is 2.05. The number of hydrogen-bond donors (Lipinski definition) is 2. The predicted octanol–water partition coefficient (Wildman–Crippen LogP) is 1.31. The summed E-state index contributed by atoms with van der Waals surface area (Å²) in [6.07, 6.45) is 4.21. The van der Waals surface area contributed by atoms with E-state index in [0.717, 1.165) is 30.8 Å². The van der Waals surface area contributed by atoms with Gasteiger partial charge in [0.05, 0.1) is 5.69 Å². The van der Waals surface area contributed by atoms with Crippen LogP contribution < -0.4 is 10.6 Å². The number of aryl methyl sites for hydroxylation is 1. The van der Waals surface area contributed by atoms with E-state index >= 15 is 0 Å². The Bertz CT molecular complexity index is 580. The summed E-state index contributed by atoms with van der Waals surface area (Å²) in [5, 5.41) is 10.2. The Balaban J connectivity index is 1.95. The molecule has 1 amide bonds. The van der Waals surface area contributed by atoms with E-state index in [4.69, 9.17) is 0 Å². The Morgan fingerprint density at radius 1 is 1.29 bits per heavy atom. The minimum Gasteiger partial charge on any atom is -0.351 e. The quantitative estimate of drug-likeness (QED) is 0.753. The van der Waals surface area contributed by atoms with Crippen molar-refractivity contribution < 1.29 is 4.79 Å². The van der Waals surface area contributed by atoms with E-state index in [1.807, 2.05) is 25.1 Å². The molecule has 2 N–H and O–H groups in total. The predicted molar refractivity (Wildman–Crippen MR) is 81.6 cm³/mol. The third-order valence-electron chi connectivity index (χ3n) is 3.15. The molecule has 0 saturated heterocycles. The zero-order valence-electron chi connectivity index (χ0n) is 12.5. The highest BCUT2D eigenvalue weighted by molar-refractivity contribution is 5.95. The Morgan fingerprint density at radius 3 is 2.81 bits per heavy atom. The molecule has 0 fully saturated rings. The maximum absolute atomic E-state index is 12.1. The number of nitrogens with one attached hydrogen (secondary N) is 2. The van der Waals surface area contributed by atoms with Crippen LogP contribution in [0.4, 0.5) is 0 Å². The van der Waals surface area contributed by atoms with Gasteiger partial charge in [-0.2, -0.15) is 5.10 Å². The summed E-state index contributed by atoms with van der Waals surface area (Å²) in [6, 6.07) is 5.62. The zero-order valence-corrected chi connectivity index (χ0v) is 12.5. The Morgan fingerprint density at radius 2 is 2.14 bits per heavy atom. The largest absolute Gasteiger partial charge is 0.351 e. The standard InChI is InChI=1S/C15H21N5O/c1-3-6-16-7-8-18-15(21)14-5-4-13(9-12(14)2)20-11-17-10-19-20/h4-5,9-11,16H,3,6-8H2,1-2H3,(H,18,21). The molecule has 1 aromatic carbocycles. The van der Waals surface area contributed by atoms with Crippen LogP contribution >= 0.6 is 0 Å². The van der Waals surface area contributed by atoms with Crippen molar-refractivity contribution in [3.05, 3.63) is 42.0 Å². The van der Waals surface area contributed by atoms with Crippen LogP contribution in [0, 0.1) is 6.92 Å². The van der Waals surface area contributed by atoms with Crippen LogP contribution in [0.5, 0.6) is 0 Å². The first-order valence-electron chi connectivity index (χ1n) is 7.17. The number of aromatic nitrogens is 3. The fourth-order valence-corrected chi connectivity index (χ4v) is 2.05. The average Bonchev–Trinajstić information content (AvgIpc) is 3.01. The van der Waals surface area contributed by atoms with Crippen LogP contribution in [0.3, 0.4) is 0 Å². The molecule has 0 unspecified atom stereocenters. The van der Waals surface area contributed by atoms with Gasteiger partial charge in [0.2, 0.25) is 0 Å². The molecule has 0 aliphatic carbocycles. The molecule has 21 heavy (non-hydrogen) atoms. The van der Waals surface area contributed by atoms with Crippen molar-refractivity contribution in [1.29, 1.82) is 0 Å². The number of carbonyl (C=O) groups excluding carboxylic acids is 1. The van der Waals surface area contributed by atoms with Crippen molar-refractivity contribution in [2.75, 3.05) is 19.6 Å². The molecule has 0 atom stereocenters. The lowest BCUT2D eigenvalue weighted by Crippen LogP contribution is -2.32. The van der Waals surface area contributed by atoms with Gasteiger partial charge in [-0.3, -0.25) is 4.79 Å². The van der Waals surface area contributed by atoms with Gasteiger partial charge in [-0.25, -0.2) is 9.67 Å². The number of amides is 1. The van der Waals surface area contributed by atoms with Gasteiger partial charge in [-0.15, -0.1) is 0 Å². The van der Waals surface area contributed by atoms with Gasteiger partial charge in [-0.05, 0) is 43.7 Å². The molecule has 1 heterocycles. The summed E-state index contributed by atoms with van der Waals surface area (Å²) in [4.78, 5) is 16.0. The van der Waals surface area contributed by atoms with Crippen LogP contribution in [-0.2, 0) is 0 Å². The molecule has 0 bridgehead atoms. The topological polar surface area (TPSA) is 71.8 Å². The minimum absolute atomic E-state index is 0.0454. The highest BCUT2D eigenvalue weighted by atomic mass is 16.1. The maximum atomic E-state index is 12.1. The number of benzene rings is 1. The molecular weight excluding hydrogens is 266 g/mol. The van der Waals surface area contributed by atoms with Crippen LogP contribution in [0.1, 0.15) is 29.3 Å². The van der Waals surface area contributed by atoms with Crippen molar-refractivity contribution in [2.24, 2.45) is 0 Å². The molecule has 0 radical (unpaired) electrons. The second-order valence-electron chi connectivity index (χ2n) is 4.85. The van der Waals surface area contributed by atoms with E-state index < -0.39 is 0 Å². The van der Waals surface area contributed by atoms with Crippen molar-refractivity contribution in [3.8, 4) is 5.69 Å². The van der Waals surface area contributed by atoms with Gasteiger partial charge in [-0.1, -0.05) is 6.92 Å². The smallest absolute Gasteiger partial charge is 0.251 e. The van der Waals surface area contributed by atoms with Crippen LogP contribution in [0.25, 0.3) is 5.69 Å². The first-order chi connectivity index (χ1) is 10.2. The summed E-state index contributed by atoms with van der Waals surface area (Å²) in [7, 11) is 0. The van der Waals surface area contributed by atoms with Gasteiger partial charge < -0.3 is 10.6 Å². The van der Waals surface area contributed by atoms with Gasteiger partial charge in [0.15, 0.2) is 0 Å². The lowest BCUT2D eigenvalue weighted by atomic mass is 10.1. The van der Waals surface area contributed by atoms with Crippen molar-refractivity contribution >= 4 is 5.91 Å². The Kier molecular flexibility index (Phi) is 5.45. The van der Waals surface area contributed by atoms with Crippen LogP contribution in [0.2, 0.25) is 0 Å². The van der Waals surface area contributed by atoms with Crippen molar-refractivity contribution in [1.82, 2.24) is 25.4 Å². The molecule has 0 spiro atoms. The van der Waals surface area contributed by atoms with Crippen LogP contribution in [-0.4, -0.2) is 40.3 Å². The van der Waals surface area contributed by atoms with E-state index in [1.54, 1.807) is 11.0 Å². The van der Waals surface area contributed by atoms with E-state index in [0.29, 0.717) is 12.1 Å². The highest BCUT2D eigenvalue weighted by Gasteiger charge is 2.09. The highest BCUT2D eigenvalue weighted by Crippen LogP contribution is 2.13. The van der Waals surface area contributed by atoms with Crippen molar-refractivity contribution in [3.63, 3.8) is 0 Å². The molecule has 2 rings (SSSR count). The van der Waals surface area contributed by atoms with Gasteiger partial charge in [0.1, 0.15) is 12.7 Å². The van der Waals surface area contributed by atoms with Gasteiger partial charge >= 0.3 is 0 Å². The lowest BCUT2D eigenvalue weighted by Gasteiger charge is -2.10. The van der Waals surface area contributed by atoms with Gasteiger partial charge in [0, 0.05) is 18.7 Å². The molecular formula is C15H21N5O. The fraction of sp³-hybridized carbons (Fsp3) is 0.400. The van der Waals surface area contributed by atoms with E-state index in [1.165, 1.54) is 6.33 Å². The lowest BCUT2D eigenvalue weighted by molar-refractivity contribution is 0.0953. The molecule has 2 aromatic rings. The van der Waals surface area contributed by atoms with Crippen LogP contribution in [0.15, 0.2) is 30.9 Å². The maximum Gasteiger partial charge on any atom is 0.251 e. The summed E-state index contributed by atoms with van der Waals surface area (Å²) >= 11 is 0. The minimum atomic E-state index is -0.0454. The second kappa shape index (κ2) is 7.54. The number of rotatable bonds is 7. The third-order valence-corrected chi connectivity index (χ3v) is 3.15. The molecule has 0 saturated carbocycles. The van der Waals surface area contributed by atoms with Crippen molar-refractivity contribution in [2.45, 2.75) is 20.3 Å². The molecule has 1 aromatic heterocycles. The Hall–Kier alpha value is -2.21. The second-order valence-corrected chi connectivity index (χ2v) is 4.85. The summed E-state index contributed by atoms with van der Waals surface area (Å²) in [5.74, 6) is -0.0454. The van der Waals surface area contributed by atoms with E-state index in [9.17, 15) is 4.79 Å². The Labute approximate surface area is 124 Å². The summed E-state index contributed by atoms with van der Waals surface area (Å²) in [5.41, 5.74) is 2.50. The molecule has 112 valence electrons. The third kappa shape index (κ3) is 4.13. The van der Waals surface area contributed by atoms with E-state index in [-0.39, 0.29) is 5.91 Å². The number of carbonyl (C=O) groups is 1. The zero-order chi connectivity index (χ0) is 15.1. The van der Waals surface area contributed by atoms with Gasteiger partial charge in [0.25, 0.3) is 5.91 Å². The molecule has 6 nitrogen and oxygen atoms in total. The average molecular weight is 287 g/mol. The summed E-state index contributed by atoms with van der Waals surface area (Å²) in [6.45, 7) is 6.43. The first-order valence-corrected chi connectivity index (χ1v) is 7.17. The number of nitrogens with zero attached hydrogens (tertiary/aromatic N) is 3. The van der Waals surface area contributed by atoms with E-state index in [2.05, 4.69) is 27.6 Å². The first kappa shape index (κ1) is 15.2. The number of hydrogen-bond acceptors (Lipinski definition) is 4. The molecule has 0 aliphatic rings. The normalized spacial score (nSPS) is 10.6. The summed E-state index contributed by atoms with van der Waals surface area (Å²) < 4.78 is 1.67. The monoisotopic (exact) mass is 287 g/mol. The SMILES string of the molecule is CCCNCCNC(=O)c1ccc(-n2cncn2)cc1C.